The molecule has 0 radical (unpaired) electrons. The van der Waals surface area contributed by atoms with Crippen molar-refractivity contribution in [2.24, 2.45) is 0 Å². The molecule has 0 bridgehead atoms. The topological polar surface area (TPSA) is 30.2 Å². The molecule has 106 valence electrons. The first-order valence-corrected chi connectivity index (χ1v) is 6.95. The fraction of sp³-hybridized carbons (Fsp3) is 0.0625. The molecule has 1 heterocycles. The van der Waals surface area contributed by atoms with Gasteiger partial charge in [0.2, 0.25) is 5.78 Å². The van der Waals surface area contributed by atoms with Crippen molar-refractivity contribution < 1.29 is 13.6 Å². The standard InChI is InChI=1S/C16H9Cl2FO2/c17-11-5-4-9(6-12(11)18)7-14(20)15-8-10-2-1-3-13(19)16(10)21-15/h1-6,8H,7H2. The first-order chi connectivity index (χ1) is 10.0. The van der Waals surface area contributed by atoms with Crippen molar-refractivity contribution >= 4 is 40.0 Å². The Kier molecular flexibility index (Phi) is 3.70. The van der Waals surface area contributed by atoms with Gasteiger partial charge in [-0.05, 0) is 29.8 Å². The molecule has 0 unspecified atom stereocenters. The van der Waals surface area contributed by atoms with Gasteiger partial charge in [0.1, 0.15) is 0 Å². The monoisotopic (exact) mass is 322 g/mol. The molecule has 2 nitrogen and oxygen atoms in total. The average molecular weight is 323 g/mol. The third kappa shape index (κ3) is 2.80. The molecule has 0 saturated heterocycles. The summed E-state index contributed by atoms with van der Waals surface area (Å²) < 4.78 is 18.9. The Morgan fingerprint density at radius 1 is 1.10 bits per heavy atom. The van der Waals surface area contributed by atoms with Crippen molar-refractivity contribution in [1.29, 1.82) is 0 Å². The van der Waals surface area contributed by atoms with Crippen molar-refractivity contribution in [3.05, 3.63) is 69.7 Å². The highest BCUT2D eigenvalue weighted by molar-refractivity contribution is 6.42. The summed E-state index contributed by atoms with van der Waals surface area (Å²) in [6, 6.07) is 11.1. The van der Waals surface area contributed by atoms with E-state index in [2.05, 4.69) is 0 Å². The second-order valence-corrected chi connectivity index (χ2v) is 5.43. The number of benzene rings is 2. The molecule has 0 aliphatic heterocycles. The Morgan fingerprint density at radius 2 is 1.90 bits per heavy atom. The summed E-state index contributed by atoms with van der Waals surface area (Å²) in [5.41, 5.74) is 0.810. The third-order valence-electron chi connectivity index (χ3n) is 3.12. The van der Waals surface area contributed by atoms with Crippen molar-refractivity contribution in [1.82, 2.24) is 0 Å². The van der Waals surface area contributed by atoms with Crippen LogP contribution < -0.4 is 0 Å². The molecular weight excluding hydrogens is 314 g/mol. The van der Waals surface area contributed by atoms with E-state index in [1.54, 1.807) is 30.3 Å². The fourth-order valence-electron chi connectivity index (χ4n) is 2.09. The van der Waals surface area contributed by atoms with E-state index in [0.29, 0.717) is 15.4 Å². The number of carbonyl (C=O) groups is 1. The number of hydrogen-bond acceptors (Lipinski definition) is 2. The molecule has 0 aliphatic carbocycles. The Hall–Kier alpha value is -1.84. The molecule has 3 aromatic rings. The minimum atomic E-state index is -0.485. The first kappa shape index (κ1) is 14.1. The second-order valence-electron chi connectivity index (χ2n) is 4.62. The van der Waals surface area contributed by atoms with E-state index in [0.717, 1.165) is 5.56 Å². The number of Topliss-reactive ketones (excluding diaryl/α,β-unsaturated/α-hetero) is 1. The van der Waals surface area contributed by atoms with Gasteiger partial charge in [0, 0.05) is 11.8 Å². The summed E-state index contributed by atoms with van der Waals surface area (Å²) in [4.78, 5) is 12.2. The van der Waals surface area contributed by atoms with Gasteiger partial charge in [0.25, 0.3) is 0 Å². The third-order valence-corrected chi connectivity index (χ3v) is 3.86. The molecule has 0 aliphatic rings. The number of carbonyl (C=O) groups excluding carboxylic acids is 1. The summed E-state index contributed by atoms with van der Waals surface area (Å²) >= 11 is 11.7. The second kappa shape index (κ2) is 5.51. The molecule has 0 amide bonds. The highest BCUT2D eigenvalue weighted by Gasteiger charge is 2.15. The van der Waals surface area contributed by atoms with Crippen molar-refractivity contribution in [3.8, 4) is 0 Å². The van der Waals surface area contributed by atoms with E-state index in [1.807, 2.05) is 0 Å². The van der Waals surface area contributed by atoms with Crippen LogP contribution in [0.4, 0.5) is 4.39 Å². The van der Waals surface area contributed by atoms with Crippen LogP contribution in [0.15, 0.2) is 46.9 Å². The Morgan fingerprint density at radius 3 is 2.62 bits per heavy atom. The van der Waals surface area contributed by atoms with Crippen LogP contribution in [0.3, 0.4) is 0 Å². The van der Waals surface area contributed by atoms with Crippen LogP contribution in [0, 0.1) is 5.82 Å². The summed E-state index contributed by atoms with van der Waals surface area (Å²) in [5, 5.41) is 1.38. The Bertz CT molecular complexity index is 839. The SMILES string of the molecule is O=C(Cc1ccc(Cl)c(Cl)c1)c1cc2cccc(F)c2o1. The zero-order valence-electron chi connectivity index (χ0n) is 10.7. The molecule has 21 heavy (non-hydrogen) atoms. The van der Waals surface area contributed by atoms with Crippen molar-refractivity contribution in [2.75, 3.05) is 0 Å². The highest BCUT2D eigenvalue weighted by atomic mass is 35.5. The molecule has 5 heteroatoms. The van der Waals surface area contributed by atoms with Gasteiger partial charge in [-0.3, -0.25) is 4.79 Å². The summed E-state index contributed by atoms with van der Waals surface area (Å²) in [5.74, 6) is -0.605. The molecule has 3 rings (SSSR count). The predicted molar refractivity (Wildman–Crippen MR) is 80.7 cm³/mol. The molecule has 0 spiro atoms. The van der Waals surface area contributed by atoms with Crippen LogP contribution >= 0.6 is 23.2 Å². The van der Waals surface area contributed by atoms with Gasteiger partial charge in [0.15, 0.2) is 17.2 Å². The molecule has 0 atom stereocenters. The molecular formula is C16H9Cl2FO2. The Balaban J connectivity index is 1.90. The van der Waals surface area contributed by atoms with Gasteiger partial charge in [-0.15, -0.1) is 0 Å². The van der Waals surface area contributed by atoms with Crippen LogP contribution in [0.2, 0.25) is 10.0 Å². The largest absolute Gasteiger partial charge is 0.450 e. The number of ketones is 1. The lowest BCUT2D eigenvalue weighted by atomic mass is 10.1. The van der Waals surface area contributed by atoms with Gasteiger partial charge in [0.05, 0.1) is 10.0 Å². The van der Waals surface area contributed by atoms with Crippen molar-refractivity contribution in [2.45, 2.75) is 6.42 Å². The minimum absolute atomic E-state index is 0.0926. The molecule has 0 saturated carbocycles. The maximum Gasteiger partial charge on any atom is 0.202 e. The summed E-state index contributed by atoms with van der Waals surface area (Å²) in [6.07, 6.45) is 0.109. The van der Waals surface area contributed by atoms with Gasteiger partial charge >= 0.3 is 0 Å². The van der Waals surface area contributed by atoms with E-state index in [1.165, 1.54) is 12.1 Å². The molecule has 2 aromatic carbocycles. The predicted octanol–water partition coefficient (Wildman–Crippen LogP) is 5.30. The van der Waals surface area contributed by atoms with Gasteiger partial charge in [-0.25, -0.2) is 4.39 Å². The summed E-state index contributed by atoms with van der Waals surface area (Å²) in [7, 11) is 0. The lowest BCUT2D eigenvalue weighted by Crippen LogP contribution is -2.01. The number of para-hydroxylation sites is 1. The van der Waals surface area contributed by atoms with E-state index < -0.39 is 5.82 Å². The van der Waals surface area contributed by atoms with Crippen LogP contribution in [0.25, 0.3) is 11.0 Å². The average Bonchev–Trinajstić information content (AvgIpc) is 2.89. The number of halogens is 3. The number of rotatable bonds is 3. The fourth-order valence-corrected chi connectivity index (χ4v) is 2.41. The number of furan rings is 1. The first-order valence-electron chi connectivity index (χ1n) is 6.20. The van der Waals surface area contributed by atoms with Crippen LogP contribution in [0.1, 0.15) is 16.1 Å². The number of fused-ring (bicyclic) bond motifs is 1. The van der Waals surface area contributed by atoms with Gasteiger partial charge in [-0.1, -0.05) is 41.4 Å². The van der Waals surface area contributed by atoms with Crippen molar-refractivity contribution in [3.63, 3.8) is 0 Å². The zero-order chi connectivity index (χ0) is 15.0. The highest BCUT2D eigenvalue weighted by Crippen LogP contribution is 2.25. The van der Waals surface area contributed by atoms with Gasteiger partial charge < -0.3 is 4.42 Å². The lowest BCUT2D eigenvalue weighted by molar-refractivity contribution is 0.0968. The number of hydrogen-bond donors (Lipinski definition) is 0. The van der Waals surface area contributed by atoms with Crippen LogP contribution in [-0.4, -0.2) is 5.78 Å². The van der Waals surface area contributed by atoms with Gasteiger partial charge in [-0.2, -0.15) is 0 Å². The smallest absolute Gasteiger partial charge is 0.202 e. The zero-order valence-corrected chi connectivity index (χ0v) is 12.2. The van der Waals surface area contributed by atoms with E-state index in [4.69, 9.17) is 27.6 Å². The van der Waals surface area contributed by atoms with E-state index >= 15 is 0 Å². The molecule has 0 N–H and O–H groups in total. The maximum atomic E-state index is 13.6. The summed E-state index contributed by atoms with van der Waals surface area (Å²) in [6.45, 7) is 0. The quantitative estimate of drug-likeness (QED) is 0.612. The molecule has 0 fully saturated rings. The van der Waals surface area contributed by atoms with E-state index in [-0.39, 0.29) is 23.5 Å². The normalized spacial score (nSPS) is 11.0. The van der Waals surface area contributed by atoms with Crippen LogP contribution in [0.5, 0.6) is 0 Å². The van der Waals surface area contributed by atoms with E-state index in [9.17, 15) is 9.18 Å². The molecule has 1 aromatic heterocycles. The maximum absolute atomic E-state index is 13.6. The lowest BCUT2D eigenvalue weighted by Gasteiger charge is -2.01. The Labute approximate surface area is 130 Å². The minimum Gasteiger partial charge on any atom is -0.450 e. The van der Waals surface area contributed by atoms with Crippen LogP contribution in [-0.2, 0) is 6.42 Å².